The highest BCUT2D eigenvalue weighted by atomic mass is 127. The largest absolute Gasteiger partial charge is 0.461 e. The van der Waals surface area contributed by atoms with Crippen molar-refractivity contribution in [2.45, 2.75) is 25.9 Å². The zero-order valence-electron chi connectivity index (χ0n) is 5.97. The summed E-state index contributed by atoms with van der Waals surface area (Å²) in [4.78, 5) is 10.8. The monoisotopic (exact) mass is 254 g/mol. The molecule has 0 aliphatic carbocycles. The van der Waals surface area contributed by atoms with Crippen LogP contribution in [0.15, 0.2) is 0 Å². The maximum absolute atomic E-state index is 10.8. The van der Waals surface area contributed by atoms with Gasteiger partial charge in [-0.05, 0) is 6.42 Å². The van der Waals surface area contributed by atoms with Crippen molar-refractivity contribution in [3.05, 3.63) is 0 Å². The summed E-state index contributed by atoms with van der Waals surface area (Å²) in [7, 11) is 0. The molecule has 2 atom stereocenters. The second-order valence-corrected chi connectivity index (χ2v) is 3.44. The van der Waals surface area contributed by atoms with Crippen LogP contribution in [0.2, 0.25) is 0 Å². The fourth-order valence-corrected chi connectivity index (χ4v) is 2.12. The molecule has 0 unspecified atom stereocenters. The summed E-state index contributed by atoms with van der Waals surface area (Å²) in [6.45, 7) is 2.10. The third kappa shape index (κ3) is 1.62. The average Bonchev–Trinajstić information content (AvgIpc) is 2.30. The summed E-state index contributed by atoms with van der Waals surface area (Å²) in [5.74, 6) is 0.456. The summed E-state index contributed by atoms with van der Waals surface area (Å²) < 4.78 is 6.00. The van der Waals surface area contributed by atoms with Gasteiger partial charge in [0.1, 0.15) is 6.10 Å². The Morgan fingerprint density at radius 3 is 2.90 bits per heavy atom. The molecule has 0 bridgehead atoms. The molecule has 0 amide bonds. The number of carbonyl (C=O) groups excluding carboxylic acids is 1. The van der Waals surface area contributed by atoms with E-state index < -0.39 is 0 Å². The van der Waals surface area contributed by atoms with Crippen LogP contribution in [0.3, 0.4) is 0 Å². The third-order valence-electron chi connectivity index (χ3n) is 1.91. The second kappa shape index (κ2) is 3.55. The maximum Gasteiger partial charge on any atom is 0.306 e. The smallest absolute Gasteiger partial charge is 0.306 e. The van der Waals surface area contributed by atoms with Crippen LogP contribution in [0.5, 0.6) is 0 Å². The zero-order valence-corrected chi connectivity index (χ0v) is 8.13. The summed E-state index contributed by atoms with van der Waals surface area (Å²) >= 11 is 2.26. The summed E-state index contributed by atoms with van der Waals surface area (Å²) in [6.07, 6.45) is 1.88. The Hall–Kier alpha value is 0.200. The molecule has 1 rings (SSSR count). The Morgan fingerprint density at radius 2 is 2.50 bits per heavy atom. The highest BCUT2D eigenvalue weighted by Crippen LogP contribution is 2.25. The van der Waals surface area contributed by atoms with Crippen LogP contribution >= 0.6 is 22.6 Å². The first-order chi connectivity index (χ1) is 4.77. The van der Waals surface area contributed by atoms with Gasteiger partial charge in [0.2, 0.25) is 0 Å². The predicted molar refractivity (Wildman–Crippen MR) is 47.2 cm³/mol. The molecule has 58 valence electrons. The highest BCUT2D eigenvalue weighted by molar-refractivity contribution is 14.1. The van der Waals surface area contributed by atoms with Crippen LogP contribution in [-0.4, -0.2) is 16.5 Å². The molecular formula is C7H11IO2. The van der Waals surface area contributed by atoms with Crippen LogP contribution in [-0.2, 0) is 9.53 Å². The van der Waals surface area contributed by atoms with Gasteiger partial charge in [0.05, 0.1) is 6.42 Å². The van der Waals surface area contributed by atoms with Crippen molar-refractivity contribution in [2.75, 3.05) is 4.43 Å². The summed E-state index contributed by atoms with van der Waals surface area (Å²) in [5, 5.41) is 0. The molecular weight excluding hydrogens is 243 g/mol. The van der Waals surface area contributed by atoms with E-state index in [2.05, 4.69) is 29.5 Å². The lowest BCUT2D eigenvalue weighted by molar-refractivity contribution is -0.140. The number of cyclic esters (lactones) is 1. The molecule has 1 fully saturated rings. The molecule has 1 saturated heterocycles. The number of rotatable bonds is 2. The van der Waals surface area contributed by atoms with Gasteiger partial charge in [0.25, 0.3) is 0 Å². The molecule has 2 nitrogen and oxygen atoms in total. The van der Waals surface area contributed by atoms with Crippen LogP contribution < -0.4 is 0 Å². The van der Waals surface area contributed by atoms with Gasteiger partial charge in [0.15, 0.2) is 0 Å². The van der Waals surface area contributed by atoms with Crippen LogP contribution in [0.1, 0.15) is 19.8 Å². The van der Waals surface area contributed by atoms with Crippen LogP contribution in [0.25, 0.3) is 0 Å². The molecule has 0 N–H and O–H groups in total. The summed E-state index contributed by atoms with van der Waals surface area (Å²) in [6, 6.07) is 0. The van der Waals surface area contributed by atoms with E-state index in [9.17, 15) is 4.79 Å². The quantitative estimate of drug-likeness (QED) is 0.426. The van der Waals surface area contributed by atoms with Gasteiger partial charge in [-0.25, -0.2) is 0 Å². The summed E-state index contributed by atoms with van der Waals surface area (Å²) in [5.41, 5.74) is 0. The Morgan fingerprint density at radius 1 is 1.80 bits per heavy atom. The lowest BCUT2D eigenvalue weighted by Gasteiger charge is -2.11. The fraction of sp³-hybridized carbons (Fsp3) is 0.857. The molecule has 10 heavy (non-hydrogen) atoms. The van der Waals surface area contributed by atoms with E-state index >= 15 is 0 Å². The number of ether oxygens (including phenoxy) is 1. The molecule has 0 aromatic heterocycles. The minimum absolute atomic E-state index is 0.0199. The van der Waals surface area contributed by atoms with E-state index in [0.717, 1.165) is 10.8 Å². The van der Waals surface area contributed by atoms with E-state index in [1.807, 2.05) is 0 Å². The van der Waals surface area contributed by atoms with E-state index in [0.29, 0.717) is 12.3 Å². The number of alkyl halides is 1. The Balaban J connectivity index is 2.48. The number of esters is 1. The topological polar surface area (TPSA) is 26.3 Å². The lowest BCUT2D eigenvalue weighted by atomic mass is 10.0. The van der Waals surface area contributed by atoms with Gasteiger partial charge in [-0.15, -0.1) is 0 Å². The molecule has 1 heterocycles. The molecule has 0 saturated carbocycles. The van der Waals surface area contributed by atoms with Crippen molar-refractivity contribution in [1.82, 2.24) is 0 Å². The maximum atomic E-state index is 10.8. The van der Waals surface area contributed by atoms with Gasteiger partial charge < -0.3 is 4.74 Å². The molecule has 0 aromatic carbocycles. The molecule has 3 heteroatoms. The first-order valence-corrected chi connectivity index (χ1v) is 5.06. The fourth-order valence-electron chi connectivity index (χ4n) is 1.22. The standard InChI is InChI=1S/C7H11IO2/c1-2-5-3-7(9)10-6(5)4-8/h5-6H,2-4H2,1H3/t5-,6+/m1/s1. The first kappa shape index (κ1) is 8.30. The van der Waals surface area contributed by atoms with E-state index in [-0.39, 0.29) is 12.1 Å². The van der Waals surface area contributed by atoms with E-state index in [4.69, 9.17) is 4.74 Å². The second-order valence-electron chi connectivity index (χ2n) is 2.56. The van der Waals surface area contributed by atoms with Gasteiger partial charge in [-0.3, -0.25) is 4.79 Å². The van der Waals surface area contributed by atoms with Crippen LogP contribution in [0, 0.1) is 5.92 Å². The predicted octanol–water partition coefficient (Wildman–Crippen LogP) is 1.76. The molecule has 0 radical (unpaired) electrons. The van der Waals surface area contributed by atoms with Gasteiger partial charge in [0, 0.05) is 10.3 Å². The molecule has 0 spiro atoms. The molecule has 1 aliphatic heterocycles. The van der Waals surface area contributed by atoms with Crippen molar-refractivity contribution >= 4 is 28.6 Å². The molecule has 1 aliphatic rings. The van der Waals surface area contributed by atoms with Crippen molar-refractivity contribution in [1.29, 1.82) is 0 Å². The highest BCUT2D eigenvalue weighted by Gasteiger charge is 2.32. The van der Waals surface area contributed by atoms with Gasteiger partial charge >= 0.3 is 5.97 Å². The minimum Gasteiger partial charge on any atom is -0.461 e. The van der Waals surface area contributed by atoms with Crippen molar-refractivity contribution in [3.63, 3.8) is 0 Å². The number of carbonyl (C=O) groups is 1. The molecule has 0 aromatic rings. The van der Waals surface area contributed by atoms with E-state index in [1.165, 1.54) is 0 Å². The van der Waals surface area contributed by atoms with Crippen molar-refractivity contribution < 1.29 is 9.53 Å². The third-order valence-corrected chi connectivity index (χ3v) is 2.78. The number of hydrogen-bond donors (Lipinski definition) is 0. The first-order valence-electron chi connectivity index (χ1n) is 3.53. The minimum atomic E-state index is -0.0199. The van der Waals surface area contributed by atoms with Crippen LogP contribution in [0.4, 0.5) is 0 Å². The van der Waals surface area contributed by atoms with Gasteiger partial charge in [-0.1, -0.05) is 29.5 Å². The van der Waals surface area contributed by atoms with Crippen molar-refractivity contribution in [3.8, 4) is 0 Å². The number of halogens is 1. The normalized spacial score (nSPS) is 32.4. The van der Waals surface area contributed by atoms with Gasteiger partial charge in [-0.2, -0.15) is 0 Å². The Kier molecular flexibility index (Phi) is 2.95. The Labute approximate surface area is 74.5 Å². The SMILES string of the molecule is CC[C@@H]1CC(=O)O[C@H]1CI. The average molecular weight is 254 g/mol. The van der Waals surface area contributed by atoms with Crippen molar-refractivity contribution in [2.24, 2.45) is 5.92 Å². The zero-order chi connectivity index (χ0) is 7.56. The van der Waals surface area contributed by atoms with E-state index in [1.54, 1.807) is 0 Å². The Bertz CT molecular complexity index is 122. The number of hydrogen-bond acceptors (Lipinski definition) is 2. The lowest BCUT2D eigenvalue weighted by Crippen LogP contribution is -2.16.